The third kappa shape index (κ3) is 5.90. The van der Waals surface area contributed by atoms with Crippen LogP contribution >= 0.6 is 11.3 Å². The van der Waals surface area contributed by atoms with E-state index in [4.69, 9.17) is 0 Å². The maximum absolute atomic E-state index is 12.0. The van der Waals surface area contributed by atoms with Crippen LogP contribution in [-0.2, 0) is 6.42 Å². The number of rotatable bonds is 7. The molecule has 0 saturated carbocycles. The van der Waals surface area contributed by atoms with Crippen molar-refractivity contribution >= 4 is 22.5 Å². The minimum atomic E-state index is -0.610. The molecule has 0 radical (unpaired) electrons. The molecule has 7 heteroatoms. The van der Waals surface area contributed by atoms with E-state index in [1.54, 1.807) is 0 Å². The van der Waals surface area contributed by atoms with Crippen LogP contribution in [0.2, 0.25) is 0 Å². The Kier molecular flexibility index (Phi) is 6.69. The van der Waals surface area contributed by atoms with Gasteiger partial charge in [-0.2, -0.15) is 0 Å². The fourth-order valence-corrected chi connectivity index (χ4v) is 3.24. The van der Waals surface area contributed by atoms with Crippen molar-refractivity contribution in [3.8, 4) is 0 Å². The molecule has 2 atom stereocenters. The standard InChI is InChI=1S/C17H24N4O2S/c1-11(2)9-15-20-21-17(24-15)19-16(23)18-12(3)10-14(22)13-7-5-4-6-8-13/h4-8,11-12,14,22H,9-10H2,1-3H3,(H2,18,19,21,23). The number of benzene rings is 1. The molecule has 0 saturated heterocycles. The number of carbonyl (C=O) groups excluding carboxylic acids is 1. The van der Waals surface area contributed by atoms with Gasteiger partial charge in [0.2, 0.25) is 5.13 Å². The number of aromatic nitrogens is 2. The number of hydrogen-bond donors (Lipinski definition) is 3. The van der Waals surface area contributed by atoms with E-state index in [2.05, 4.69) is 34.7 Å². The summed E-state index contributed by atoms with van der Waals surface area (Å²) in [5, 5.41) is 25.1. The molecular formula is C17H24N4O2S. The minimum Gasteiger partial charge on any atom is -0.388 e. The zero-order valence-corrected chi connectivity index (χ0v) is 15.0. The Morgan fingerprint density at radius 1 is 1.21 bits per heavy atom. The van der Waals surface area contributed by atoms with Crippen LogP contribution in [0.4, 0.5) is 9.93 Å². The molecule has 3 N–H and O–H groups in total. The maximum Gasteiger partial charge on any atom is 0.321 e. The predicted molar refractivity (Wildman–Crippen MR) is 96.1 cm³/mol. The van der Waals surface area contributed by atoms with Crippen LogP contribution in [-0.4, -0.2) is 27.4 Å². The number of nitrogens with zero attached hydrogens (tertiary/aromatic N) is 2. The minimum absolute atomic E-state index is 0.178. The van der Waals surface area contributed by atoms with Gasteiger partial charge in [0, 0.05) is 12.5 Å². The quantitative estimate of drug-likeness (QED) is 0.716. The SMILES string of the molecule is CC(C)Cc1nnc(NC(=O)NC(C)CC(O)c2ccccc2)s1. The lowest BCUT2D eigenvalue weighted by atomic mass is 10.0. The van der Waals surface area contributed by atoms with E-state index >= 15 is 0 Å². The van der Waals surface area contributed by atoms with Gasteiger partial charge in [-0.1, -0.05) is 55.5 Å². The van der Waals surface area contributed by atoms with Crippen LogP contribution in [0.5, 0.6) is 0 Å². The average Bonchev–Trinajstić information content (AvgIpc) is 2.93. The van der Waals surface area contributed by atoms with Gasteiger partial charge in [-0.3, -0.25) is 5.32 Å². The van der Waals surface area contributed by atoms with Crippen molar-refractivity contribution in [2.24, 2.45) is 5.92 Å². The summed E-state index contributed by atoms with van der Waals surface area (Å²) in [5.74, 6) is 0.499. The Morgan fingerprint density at radius 3 is 2.58 bits per heavy atom. The molecule has 6 nitrogen and oxygen atoms in total. The molecule has 0 spiro atoms. The lowest BCUT2D eigenvalue weighted by molar-refractivity contribution is 0.155. The first-order valence-electron chi connectivity index (χ1n) is 8.07. The number of carbonyl (C=O) groups is 1. The van der Waals surface area contributed by atoms with Crippen LogP contribution in [0.3, 0.4) is 0 Å². The number of hydrogen-bond acceptors (Lipinski definition) is 5. The summed E-state index contributed by atoms with van der Waals surface area (Å²) in [6, 6.07) is 8.89. The molecule has 0 fully saturated rings. The van der Waals surface area contributed by atoms with Crippen LogP contribution < -0.4 is 10.6 Å². The Bertz CT molecular complexity index is 645. The third-order valence-electron chi connectivity index (χ3n) is 3.41. The molecule has 0 aliphatic carbocycles. The molecule has 0 aliphatic rings. The van der Waals surface area contributed by atoms with Crippen molar-refractivity contribution in [1.29, 1.82) is 0 Å². The van der Waals surface area contributed by atoms with Crippen LogP contribution in [0.1, 0.15) is 43.9 Å². The Hall–Kier alpha value is -1.99. The summed E-state index contributed by atoms with van der Waals surface area (Å²) in [6.07, 6.45) is 0.674. The zero-order chi connectivity index (χ0) is 17.5. The highest BCUT2D eigenvalue weighted by atomic mass is 32.1. The van der Waals surface area contributed by atoms with Gasteiger partial charge in [-0.05, 0) is 24.8 Å². The van der Waals surface area contributed by atoms with Crippen molar-refractivity contribution < 1.29 is 9.90 Å². The van der Waals surface area contributed by atoms with E-state index in [0.717, 1.165) is 17.0 Å². The first kappa shape index (κ1) is 18.4. The molecule has 1 aromatic heterocycles. The second-order valence-electron chi connectivity index (χ2n) is 6.26. The summed E-state index contributed by atoms with van der Waals surface area (Å²) in [4.78, 5) is 12.0. The summed E-state index contributed by atoms with van der Waals surface area (Å²) in [5.41, 5.74) is 0.842. The topological polar surface area (TPSA) is 87.1 Å². The second kappa shape index (κ2) is 8.75. The number of amides is 2. The molecule has 1 aromatic carbocycles. The van der Waals surface area contributed by atoms with Gasteiger partial charge in [0.15, 0.2) is 0 Å². The zero-order valence-electron chi connectivity index (χ0n) is 14.2. The van der Waals surface area contributed by atoms with Crippen molar-refractivity contribution in [3.05, 3.63) is 40.9 Å². The summed E-state index contributed by atoms with van der Waals surface area (Å²) < 4.78 is 0. The first-order chi connectivity index (χ1) is 11.4. The van der Waals surface area contributed by atoms with Crippen LogP contribution in [0.15, 0.2) is 30.3 Å². The molecule has 2 rings (SSSR count). The highest BCUT2D eigenvalue weighted by molar-refractivity contribution is 7.15. The third-order valence-corrected chi connectivity index (χ3v) is 4.27. The first-order valence-corrected chi connectivity index (χ1v) is 8.88. The van der Waals surface area contributed by atoms with E-state index < -0.39 is 6.10 Å². The maximum atomic E-state index is 12.0. The lowest BCUT2D eigenvalue weighted by Crippen LogP contribution is -2.37. The van der Waals surface area contributed by atoms with Gasteiger partial charge in [-0.25, -0.2) is 4.79 Å². The number of nitrogens with one attached hydrogen (secondary N) is 2. The van der Waals surface area contributed by atoms with Crippen LogP contribution in [0, 0.1) is 5.92 Å². The second-order valence-corrected chi connectivity index (χ2v) is 7.32. The number of aliphatic hydroxyl groups excluding tert-OH is 1. The van der Waals surface area contributed by atoms with Gasteiger partial charge < -0.3 is 10.4 Å². The highest BCUT2D eigenvalue weighted by Gasteiger charge is 2.15. The number of urea groups is 1. The smallest absolute Gasteiger partial charge is 0.321 e. The summed E-state index contributed by atoms with van der Waals surface area (Å²) >= 11 is 1.38. The van der Waals surface area contributed by atoms with E-state index in [-0.39, 0.29) is 12.1 Å². The Balaban J connectivity index is 1.80. The fraction of sp³-hybridized carbons (Fsp3) is 0.471. The van der Waals surface area contributed by atoms with Crippen molar-refractivity contribution in [1.82, 2.24) is 15.5 Å². The van der Waals surface area contributed by atoms with E-state index in [9.17, 15) is 9.90 Å². The fourth-order valence-electron chi connectivity index (χ4n) is 2.30. The number of aliphatic hydroxyl groups is 1. The molecule has 130 valence electrons. The van der Waals surface area contributed by atoms with E-state index in [1.165, 1.54) is 11.3 Å². The molecule has 24 heavy (non-hydrogen) atoms. The Morgan fingerprint density at radius 2 is 1.92 bits per heavy atom. The van der Waals surface area contributed by atoms with E-state index in [1.807, 2.05) is 37.3 Å². The number of anilines is 1. The van der Waals surface area contributed by atoms with Gasteiger partial charge in [0.25, 0.3) is 0 Å². The largest absolute Gasteiger partial charge is 0.388 e. The lowest BCUT2D eigenvalue weighted by Gasteiger charge is -2.18. The average molecular weight is 348 g/mol. The van der Waals surface area contributed by atoms with Gasteiger partial charge in [0.05, 0.1) is 6.10 Å². The van der Waals surface area contributed by atoms with Gasteiger partial charge >= 0.3 is 6.03 Å². The van der Waals surface area contributed by atoms with Crippen molar-refractivity contribution in [2.75, 3.05) is 5.32 Å². The predicted octanol–water partition coefficient (Wildman–Crippen LogP) is 3.37. The van der Waals surface area contributed by atoms with Crippen LogP contribution in [0.25, 0.3) is 0 Å². The molecule has 0 bridgehead atoms. The molecule has 2 aromatic rings. The van der Waals surface area contributed by atoms with Crippen molar-refractivity contribution in [3.63, 3.8) is 0 Å². The van der Waals surface area contributed by atoms with E-state index in [0.29, 0.717) is 17.5 Å². The molecule has 2 unspecified atom stereocenters. The summed E-state index contributed by atoms with van der Waals surface area (Å²) in [6.45, 7) is 6.08. The van der Waals surface area contributed by atoms with Gasteiger partial charge in [-0.15, -0.1) is 10.2 Å². The highest BCUT2D eigenvalue weighted by Crippen LogP contribution is 2.19. The van der Waals surface area contributed by atoms with Crippen molar-refractivity contribution in [2.45, 2.75) is 45.8 Å². The van der Waals surface area contributed by atoms with Gasteiger partial charge in [0.1, 0.15) is 5.01 Å². The monoisotopic (exact) mass is 348 g/mol. The normalized spacial score (nSPS) is 13.5. The molecule has 1 heterocycles. The summed E-state index contributed by atoms with van der Waals surface area (Å²) in [7, 11) is 0. The molecule has 2 amide bonds. The molecule has 0 aliphatic heterocycles. The molecular weight excluding hydrogens is 324 g/mol. The Labute approximate surface area is 146 Å².